The van der Waals surface area contributed by atoms with E-state index in [0.717, 1.165) is 67.4 Å². The third kappa shape index (κ3) is 7.82. The van der Waals surface area contributed by atoms with E-state index in [1.807, 2.05) is 0 Å². The van der Waals surface area contributed by atoms with Crippen LogP contribution in [-0.2, 0) is 10.1 Å². The van der Waals surface area contributed by atoms with Gasteiger partial charge in [-0.2, -0.15) is 8.42 Å². The number of hydrogen-bond donors (Lipinski definition) is 1. The van der Waals surface area contributed by atoms with Gasteiger partial charge in [0.25, 0.3) is 0 Å². The van der Waals surface area contributed by atoms with Gasteiger partial charge in [-0.1, -0.05) is 108 Å². The van der Waals surface area contributed by atoms with Crippen LogP contribution in [0.3, 0.4) is 0 Å². The quantitative estimate of drug-likeness (QED) is 0.223. The molecular formula is C42H60O3S2. The number of thiol groups is 1. The molecule has 0 bridgehead atoms. The van der Waals surface area contributed by atoms with Crippen LogP contribution in [0.5, 0.6) is 5.75 Å². The summed E-state index contributed by atoms with van der Waals surface area (Å²) in [4.78, 5) is 1.67. The van der Waals surface area contributed by atoms with Crippen molar-refractivity contribution in [2.45, 2.75) is 200 Å². The highest BCUT2D eigenvalue weighted by molar-refractivity contribution is 7.87. The average Bonchev–Trinajstić information content (AvgIpc) is 3.13. The zero-order chi connectivity index (χ0) is 32.2. The largest absolute Gasteiger partial charge is 0.379 e. The molecule has 47 heavy (non-hydrogen) atoms. The summed E-state index contributed by atoms with van der Waals surface area (Å²) >= 11 is 5.19. The molecule has 0 radical (unpaired) electrons. The Hall–Kier alpha value is -1.46. The Labute approximate surface area is 292 Å². The minimum atomic E-state index is -4.05. The predicted molar refractivity (Wildman–Crippen MR) is 197 cm³/mol. The molecule has 0 N–H and O–H groups in total. The normalized spacial score (nSPS) is 23.6. The fraction of sp³-hybridized carbons (Fsp3) is 0.714. The highest BCUT2D eigenvalue weighted by atomic mass is 32.2. The lowest BCUT2D eigenvalue weighted by atomic mass is 9.76. The minimum absolute atomic E-state index is 0.304. The minimum Gasteiger partial charge on any atom is -0.379 e. The summed E-state index contributed by atoms with van der Waals surface area (Å²) in [5.41, 5.74) is 6.07. The lowest BCUT2D eigenvalue weighted by molar-refractivity contribution is 0.413. The first kappa shape index (κ1) is 34.0. The van der Waals surface area contributed by atoms with Crippen LogP contribution < -0.4 is 4.18 Å². The Balaban J connectivity index is 1.34. The fourth-order valence-corrected chi connectivity index (χ4v) is 12.4. The molecule has 0 heterocycles. The Morgan fingerprint density at radius 2 is 0.766 bits per heavy atom. The van der Waals surface area contributed by atoms with Crippen LogP contribution in [0.4, 0.5) is 0 Å². The smallest absolute Gasteiger partial charge is 0.339 e. The molecule has 5 heteroatoms. The lowest BCUT2D eigenvalue weighted by Crippen LogP contribution is -2.21. The molecule has 0 unspecified atom stereocenters. The molecule has 5 saturated carbocycles. The Morgan fingerprint density at radius 1 is 0.447 bits per heavy atom. The van der Waals surface area contributed by atoms with Crippen LogP contribution in [0, 0.1) is 0 Å². The average molecular weight is 677 g/mol. The third-order valence-electron chi connectivity index (χ3n) is 13.0. The predicted octanol–water partition coefficient (Wildman–Crippen LogP) is 13.0. The summed E-state index contributed by atoms with van der Waals surface area (Å²) in [5, 5.41) is 0. The number of hydrogen-bond acceptors (Lipinski definition) is 4. The SMILES string of the molecule is O=S(=O)(Oc1cc(C2CCCCC2)c(S)c(C2CCCCC2)c1)c1c(C2CCCCC2)cc(C2CCCCC2)cc1C1CCCCC1. The van der Waals surface area contributed by atoms with Crippen molar-refractivity contribution in [1.29, 1.82) is 0 Å². The first-order chi connectivity index (χ1) is 23.0. The molecule has 0 atom stereocenters. The van der Waals surface area contributed by atoms with Crippen molar-refractivity contribution in [2.24, 2.45) is 0 Å². The highest BCUT2D eigenvalue weighted by Gasteiger charge is 2.35. The summed E-state index contributed by atoms with van der Waals surface area (Å²) in [6.07, 6.45) is 30.2. The van der Waals surface area contributed by atoms with Crippen LogP contribution in [-0.4, -0.2) is 8.42 Å². The van der Waals surface area contributed by atoms with Gasteiger partial charge in [0.2, 0.25) is 0 Å². The summed E-state index contributed by atoms with van der Waals surface area (Å²) in [6, 6.07) is 8.90. The molecule has 0 aromatic heterocycles. The molecule has 7 rings (SSSR count). The van der Waals surface area contributed by atoms with Gasteiger partial charge >= 0.3 is 10.1 Å². The van der Waals surface area contributed by atoms with Gasteiger partial charge in [0, 0.05) is 4.90 Å². The van der Waals surface area contributed by atoms with Gasteiger partial charge in [0.05, 0.1) is 0 Å². The van der Waals surface area contributed by atoms with E-state index in [-0.39, 0.29) is 0 Å². The van der Waals surface area contributed by atoms with Crippen molar-refractivity contribution in [3.8, 4) is 5.75 Å². The first-order valence-corrected chi connectivity index (χ1v) is 21.8. The van der Waals surface area contributed by atoms with Crippen molar-refractivity contribution < 1.29 is 12.6 Å². The maximum atomic E-state index is 15.0. The van der Waals surface area contributed by atoms with Crippen LogP contribution in [0.2, 0.25) is 0 Å². The summed E-state index contributed by atoms with van der Waals surface area (Å²) in [5.74, 6) is 2.58. The number of benzene rings is 2. The second-order valence-electron chi connectivity index (χ2n) is 16.2. The monoisotopic (exact) mass is 676 g/mol. The molecule has 2 aromatic carbocycles. The Kier molecular flexibility index (Phi) is 11.3. The van der Waals surface area contributed by atoms with Gasteiger partial charge < -0.3 is 4.18 Å². The molecule has 0 aliphatic heterocycles. The van der Waals surface area contributed by atoms with Gasteiger partial charge in [-0.15, -0.1) is 12.6 Å². The molecule has 258 valence electrons. The van der Waals surface area contributed by atoms with Crippen molar-refractivity contribution in [3.05, 3.63) is 52.1 Å². The Bertz CT molecular complexity index is 1370. The summed E-state index contributed by atoms with van der Waals surface area (Å²) in [6.45, 7) is 0. The second kappa shape index (κ2) is 15.6. The molecule has 3 nitrogen and oxygen atoms in total. The zero-order valence-corrected chi connectivity index (χ0v) is 30.7. The van der Waals surface area contributed by atoms with Gasteiger partial charge in [0.1, 0.15) is 10.6 Å². The van der Waals surface area contributed by atoms with Crippen LogP contribution >= 0.6 is 12.6 Å². The maximum absolute atomic E-state index is 15.0. The first-order valence-electron chi connectivity index (χ1n) is 20.0. The van der Waals surface area contributed by atoms with Crippen molar-refractivity contribution in [1.82, 2.24) is 0 Å². The van der Waals surface area contributed by atoms with Gasteiger partial charge in [-0.05, 0) is 134 Å². The highest BCUT2D eigenvalue weighted by Crippen LogP contribution is 2.48. The van der Waals surface area contributed by atoms with Gasteiger partial charge in [0.15, 0.2) is 0 Å². The number of rotatable bonds is 8. The Morgan fingerprint density at radius 3 is 1.13 bits per heavy atom. The van der Waals surface area contributed by atoms with E-state index >= 15 is 8.42 Å². The molecule has 5 aliphatic carbocycles. The van der Waals surface area contributed by atoms with Crippen LogP contribution in [0.25, 0.3) is 0 Å². The molecule has 5 fully saturated rings. The van der Waals surface area contributed by atoms with E-state index in [1.165, 1.54) is 126 Å². The van der Waals surface area contributed by atoms with E-state index in [2.05, 4.69) is 24.3 Å². The van der Waals surface area contributed by atoms with Crippen LogP contribution in [0.15, 0.2) is 34.1 Å². The molecular weight excluding hydrogens is 617 g/mol. The molecule has 0 amide bonds. The van der Waals surface area contributed by atoms with Crippen molar-refractivity contribution in [2.75, 3.05) is 0 Å². The summed E-state index contributed by atoms with van der Waals surface area (Å²) < 4.78 is 36.6. The van der Waals surface area contributed by atoms with Gasteiger partial charge in [-0.25, -0.2) is 0 Å². The van der Waals surface area contributed by atoms with E-state index in [1.54, 1.807) is 0 Å². The fourth-order valence-electron chi connectivity index (χ4n) is 10.4. The third-order valence-corrected chi connectivity index (χ3v) is 14.9. The zero-order valence-electron chi connectivity index (χ0n) is 29.0. The van der Waals surface area contributed by atoms with Crippen LogP contribution in [0.1, 0.15) is 218 Å². The van der Waals surface area contributed by atoms with Gasteiger partial charge in [-0.3, -0.25) is 0 Å². The van der Waals surface area contributed by atoms with E-state index in [9.17, 15) is 0 Å². The molecule has 5 aliphatic rings. The van der Waals surface area contributed by atoms with Crippen molar-refractivity contribution in [3.63, 3.8) is 0 Å². The standard InChI is InChI=1S/C42H60O3S2/c43-47(44,45-36-28-37(31-18-8-2-9-19-31)41(46)38(29-36)32-20-10-3-11-21-32)42-39(33-22-12-4-13-23-33)26-35(30-16-6-1-7-17-30)27-40(42)34-24-14-5-15-25-34/h26-34,46H,1-25H2. The molecule has 0 saturated heterocycles. The van der Waals surface area contributed by atoms with E-state index in [0.29, 0.717) is 40.2 Å². The van der Waals surface area contributed by atoms with E-state index < -0.39 is 10.1 Å². The summed E-state index contributed by atoms with van der Waals surface area (Å²) in [7, 11) is -4.05. The van der Waals surface area contributed by atoms with Crippen molar-refractivity contribution >= 4 is 22.7 Å². The molecule has 2 aromatic rings. The second-order valence-corrected chi connectivity index (χ2v) is 18.1. The lowest BCUT2D eigenvalue weighted by Gasteiger charge is -2.32. The van der Waals surface area contributed by atoms with E-state index in [4.69, 9.17) is 16.8 Å². The maximum Gasteiger partial charge on any atom is 0.339 e. The molecule has 0 spiro atoms. The topological polar surface area (TPSA) is 43.4 Å².